The number of halogens is 1. The lowest BCUT2D eigenvalue weighted by Crippen LogP contribution is -2.15. The molecule has 1 heterocycles. The molecule has 1 amide bonds. The van der Waals surface area contributed by atoms with Gasteiger partial charge in [-0.2, -0.15) is 0 Å². The van der Waals surface area contributed by atoms with E-state index in [2.05, 4.69) is 10.5 Å². The second-order valence-electron chi connectivity index (χ2n) is 6.08. The molecule has 0 radical (unpaired) electrons. The lowest BCUT2D eigenvalue weighted by molar-refractivity contribution is -0.115. The lowest BCUT2D eigenvalue weighted by atomic mass is 10.1. The highest BCUT2D eigenvalue weighted by Gasteiger charge is 2.15. The number of rotatable bonds is 5. The zero-order chi connectivity index (χ0) is 18.7. The van der Waals surface area contributed by atoms with E-state index in [9.17, 15) is 4.79 Å². The van der Waals surface area contributed by atoms with Gasteiger partial charge in [0.05, 0.1) is 17.8 Å². The number of aromatic nitrogens is 1. The number of nitrogens with one attached hydrogen (secondary N) is 1. The van der Waals surface area contributed by atoms with Crippen molar-refractivity contribution in [1.29, 1.82) is 0 Å². The van der Waals surface area contributed by atoms with Crippen molar-refractivity contribution in [2.75, 3.05) is 5.32 Å². The van der Waals surface area contributed by atoms with Crippen LogP contribution in [0.5, 0.6) is 11.5 Å². The topological polar surface area (TPSA) is 64.4 Å². The SMILES string of the molecule is Cc1ccc(Oc2ccc(Cl)cc2NC(=O)Cc2c(C)noc2C)cc1. The van der Waals surface area contributed by atoms with Gasteiger partial charge in [-0.25, -0.2) is 0 Å². The number of anilines is 1. The molecule has 26 heavy (non-hydrogen) atoms. The van der Waals surface area contributed by atoms with Crippen LogP contribution in [0.1, 0.15) is 22.6 Å². The van der Waals surface area contributed by atoms with Crippen LogP contribution in [-0.4, -0.2) is 11.1 Å². The molecule has 0 bridgehead atoms. The van der Waals surface area contributed by atoms with Gasteiger partial charge < -0.3 is 14.6 Å². The van der Waals surface area contributed by atoms with Gasteiger partial charge in [-0.3, -0.25) is 4.79 Å². The van der Waals surface area contributed by atoms with Crippen LogP contribution < -0.4 is 10.1 Å². The molecular formula is C20H19ClN2O3. The Labute approximate surface area is 156 Å². The van der Waals surface area contributed by atoms with Crippen molar-refractivity contribution in [3.63, 3.8) is 0 Å². The highest BCUT2D eigenvalue weighted by molar-refractivity contribution is 6.31. The van der Waals surface area contributed by atoms with Crippen LogP contribution in [0.4, 0.5) is 5.69 Å². The van der Waals surface area contributed by atoms with Crippen molar-refractivity contribution in [2.24, 2.45) is 0 Å². The van der Waals surface area contributed by atoms with Crippen molar-refractivity contribution < 1.29 is 14.1 Å². The summed E-state index contributed by atoms with van der Waals surface area (Å²) in [7, 11) is 0. The van der Waals surface area contributed by atoms with Gasteiger partial charge in [0, 0.05) is 10.6 Å². The van der Waals surface area contributed by atoms with Crippen LogP contribution in [0.2, 0.25) is 5.02 Å². The average molecular weight is 371 g/mol. The predicted octanol–water partition coefficient (Wildman–Crippen LogP) is 5.23. The third-order valence-corrected chi connectivity index (χ3v) is 4.22. The molecule has 0 atom stereocenters. The van der Waals surface area contributed by atoms with Gasteiger partial charge in [-0.1, -0.05) is 34.5 Å². The minimum absolute atomic E-state index is 0.164. The van der Waals surface area contributed by atoms with E-state index >= 15 is 0 Å². The Hall–Kier alpha value is -2.79. The maximum absolute atomic E-state index is 12.5. The summed E-state index contributed by atoms with van der Waals surface area (Å²) in [6.45, 7) is 5.60. The molecule has 3 aromatic rings. The summed E-state index contributed by atoms with van der Waals surface area (Å²) in [5.41, 5.74) is 3.14. The summed E-state index contributed by atoms with van der Waals surface area (Å²) in [5, 5.41) is 7.24. The Morgan fingerprint density at radius 3 is 2.54 bits per heavy atom. The number of carbonyl (C=O) groups is 1. The van der Waals surface area contributed by atoms with Gasteiger partial charge in [0.15, 0.2) is 5.75 Å². The van der Waals surface area contributed by atoms with E-state index in [0.717, 1.165) is 11.1 Å². The Morgan fingerprint density at radius 1 is 1.15 bits per heavy atom. The first kappa shape index (κ1) is 18.0. The smallest absolute Gasteiger partial charge is 0.229 e. The largest absolute Gasteiger partial charge is 0.455 e. The number of amides is 1. The number of ether oxygens (including phenoxy) is 1. The molecule has 6 heteroatoms. The third-order valence-electron chi connectivity index (χ3n) is 3.98. The zero-order valence-electron chi connectivity index (χ0n) is 14.8. The minimum atomic E-state index is -0.199. The van der Waals surface area contributed by atoms with Crippen molar-refractivity contribution in [1.82, 2.24) is 5.16 Å². The van der Waals surface area contributed by atoms with Crippen LogP contribution in [0.25, 0.3) is 0 Å². The summed E-state index contributed by atoms with van der Waals surface area (Å²) in [6, 6.07) is 12.8. The number of benzene rings is 2. The molecule has 0 saturated carbocycles. The van der Waals surface area contributed by atoms with Gasteiger partial charge >= 0.3 is 0 Å². The van der Waals surface area contributed by atoms with Gasteiger partial charge in [-0.15, -0.1) is 0 Å². The van der Waals surface area contributed by atoms with E-state index in [0.29, 0.717) is 33.7 Å². The normalized spacial score (nSPS) is 10.6. The fourth-order valence-electron chi connectivity index (χ4n) is 2.53. The predicted molar refractivity (Wildman–Crippen MR) is 101 cm³/mol. The molecule has 1 N–H and O–H groups in total. The van der Waals surface area contributed by atoms with Crippen molar-refractivity contribution in [3.05, 3.63) is 70.1 Å². The molecule has 0 aliphatic rings. The van der Waals surface area contributed by atoms with Gasteiger partial charge in [0.25, 0.3) is 0 Å². The molecule has 3 rings (SSSR count). The van der Waals surface area contributed by atoms with Crippen molar-refractivity contribution in [3.8, 4) is 11.5 Å². The summed E-state index contributed by atoms with van der Waals surface area (Å²) in [6.07, 6.45) is 0.164. The monoisotopic (exact) mass is 370 g/mol. The standard InChI is InChI=1S/C20H19ClN2O3/c1-12-4-7-16(8-5-12)25-19-9-6-15(21)10-18(19)22-20(24)11-17-13(2)23-26-14(17)3/h4-10H,11H2,1-3H3,(H,22,24). The van der Waals surface area contributed by atoms with E-state index < -0.39 is 0 Å². The quantitative estimate of drug-likeness (QED) is 0.668. The molecule has 0 saturated heterocycles. The molecule has 0 aliphatic carbocycles. The number of aryl methyl sites for hydroxylation is 3. The number of carbonyl (C=O) groups excluding carboxylic acids is 1. The number of nitrogens with zero attached hydrogens (tertiary/aromatic N) is 1. The van der Waals surface area contributed by atoms with Crippen LogP contribution in [0, 0.1) is 20.8 Å². The van der Waals surface area contributed by atoms with Crippen LogP contribution in [0.15, 0.2) is 47.0 Å². The summed E-state index contributed by atoms with van der Waals surface area (Å²) >= 11 is 6.09. The van der Waals surface area contributed by atoms with Gasteiger partial charge in [0.1, 0.15) is 11.5 Å². The summed E-state index contributed by atoms with van der Waals surface area (Å²) in [5.74, 6) is 1.64. The van der Waals surface area contributed by atoms with E-state index in [-0.39, 0.29) is 12.3 Å². The molecule has 0 spiro atoms. The molecule has 2 aromatic carbocycles. The Morgan fingerprint density at radius 2 is 1.88 bits per heavy atom. The van der Waals surface area contributed by atoms with E-state index in [1.54, 1.807) is 25.1 Å². The Balaban J connectivity index is 1.79. The van der Waals surface area contributed by atoms with E-state index in [1.807, 2.05) is 38.1 Å². The second-order valence-corrected chi connectivity index (χ2v) is 6.52. The first-order valence-corrected chi connectivity index (χ1v) is 8.56. The van der Waals surface area contributed by atoms with Gasteiger partial charge in [0.2, 0.25) is 5.91 Å². The van der Waals surface area contributed by atoms with Crippen LogP contribution in [-0.2, 0) is 11.2 Å². The number of hydrogen-bond donors (Lipinski definition) is 1. The third kappa shape index (κ3) is 4.24. The van der Waals surface area contributed by atoms with E-state index in [4.69, 9.17) is 20.9 Å². The van der Waals surface area contributed by atoms with Crippen LogP contribution in [0.3, 0.4) is 0 Å². The molecule has 0 unspecified atom stereocenters. The molecule has 1 aromatic heterocycles. The Kier molecular flexibility index (Phi) is 5.28. The highest BCUT2D eigenvalue weighted by Crippen LogP contribution is 2.32. The fourth-order valence-corrected chi connectivity index (χ4v) is 2.70. The second kappa shape index (κ2) is 7.62. The molecular weight excluding hydrogens is 352 g/mol. The fraction of sp³-hybridized carbons (Fsp3) is 0.200. The first-order valence-electron chi connectivity index (χ1n) is 8.18. The summed E-state index contributed by atoms with van der Waals surface area (Å²) in [4.78, 5) is 12.5. The van der Waals surface area contributed by atoms with Crippen molar-refractivity contribution >= 4 is 23.2 Å². The molecule has 0 aliphatic heterocycles. The average Bonchev–Trinajstić information content (AvgIpc) is 2.91. The maximum Gasteiger partial charge on any atom is 0.229 e. The van der Waals surface area contributed by atoms with E-state index in [1.165, 1.54) is 0 Å². The summed E-state index contributed by atoms with van der Waals surface area (Å²) < 4.78 is 11.0. The van der Waals surface area contributed by atoms with Crippen molar-refractivity contribution in [2.45, 2.75) is 27.2 Å². The maximum atomic E-state index is 12.5. The molecule has 5 nitrogen and oxygen atoms in total. The zero-order valence-corrected chi connectivity index (χ0v) is 15.6. The van der Waals surface area contributed by atoms with Gasteiger partial charge in [-0.05, 0) is 51.1 Å². The minimum Gasteiger partial charge on any atom is -0.455 e. The lowest BCUT2D eigenvalue weighted by Gasteiger charge is -2.13. The number of hydrogen-bond acceptors (Lipinski definition) is 4. The first-order chi connectivity index (χ1) is 12.4. The van der Waals surface area contributed by atoms with Crippen LogP contribution >= 0.6 is 11.6 Å². The molecule has 134 valence electrons. The Bertz CT molecular complexity index is 913. The highest BCUT2D eigenvalue weighted by atomic mass is 35.5. The molecule has 0 fully saturated rings.